The molecule has 23 heavy (non-hydrogen) atoms. The minimum Gasteiger partial charge on any atom is -0.374 e. The molecule has 0 saturated heterocycles. The number of guanidine groups is 1. The first-order valence-corrected chi connectivity index (χ1v) is 7.49. The number of rotatable bonds is 3. The second kappa shape index (κ2) is 8.14. The monoisotopic (exact) mass is 423 g/mol. The van der Waals surface area contributed by atoms with Crippen molar-refractivity contribution in [1.29, 1.82) is 0 Å². The molecule has 5 nitrogen and oxygen atoms in total. The van der Waals surface area contributed by atoms with E-state index < -0.39 is 0 Å². The van der Waals surface area contributed by atoms with Gasteiger partial charge in [0.1, 0.15) is 5.82 Å². The molecule has 1 unspecified atom stereocenters. The van der Waals surface area contributed by atoms with Gasteiger partial charge in [0.05, 0.1) is 0 Å². The summed E-state index contributed by atoms with van der Waals surface area (Å²) in [4.78, 5) is 10.9. The van der Waals surface area contributed by atoms with Crippen LogP contribution in [0.15, 0.2) is 53.7 Å². The van der Waals surface area contributed by atoms with Crippen molar-refractivity contribution in [3.63, 3.8) is 0 Å². The number of pyridine rings is 1. The smallest absolute Gasteiger partial charge is 0.194 e. The molecule has 2 heterocycles. The summed E-state index contributed by atoms with van der Waals surface area (Å²) >= 11 is 0. The van der Waals surface area contributed by atoms with Gasteiger partial charge in [-0.3, -0.25) is 4.99 Å². The first kappa shape index (κ1) is 17.5. The van der Waals surface area contributed by atoms with Gasteiger partial charge in [0, 0.05) is 37.9 Å². The maximum Gasteiger partial charge on any atom is 0.194 e. The second-order valence-corrected chi connectivity index (χ2v) is 5.65. The number of anilines is 2. The van der Waals surface area contributed by atoms with Gasteiger partial charge in [0.25, 0.3) is 0 Å². The summed E-state index contributed by atoms with van der Waals surface area (Å²) < 4.78 is 0. The summed E-state index contributed by atoms with van der Waals surface area (Å²) in [7, 11) is 2.13. The molecular formula is C17H22IN5. The highest BCUT2D eigenvalue weighted by molar-refractivity contribution is 14.0. The van der Waals surface area contributed by atoms with Crippen LogP contribution in [0.5, 0.6) is 0 Å². The van der Waals surface area contributed by atoms with E-state index in [1.165, 1.54) is 11.3 Å². The molecule has 122 valence electrons. The number of halogens is 1. The number of aromatic nitrogens is 1. The fourth-order valence-electron chi connectivity index (χ4n) is 2.87. The minimum absolute atomic E-state index is 0. The van der Waals surface area contributed by atoms with E-state index in [2.05, 4.69) is 51.5 Å². The Hall–Kier alpha value is -1.83. The number of para-hydroxylation sites is 1. The molecule has 1 aliphatic rings. The van der Waals surface area contributed by atoms with Crippen molar-refractivity contribution in [2.24, 2.45) is 16.6 Å². The third kappa shape index (κ3) is 4.57. The molecule has 6 heteroatoms. The van der Waals surface area contributed by atoms with Gasteiger partial charge < -0.3 is 16.0 Å². The van der Waals surface area contributed by atoms with Gasteiger partial charge in [-0.2, -0.15) is 0 Å². The fourth-order valence-corrected chi connectivity index (χ4v) is 2.87. The molecule has 0 spiro atoms. The summed E-state index contributed by atoms with van der Waals surface area (Å²) in [6, 6.07) is 14.2. The van der Waals surface area contributed by atoms with Gasteiger partial charge in [-0.25, -0.2) is 4.98 Å². The normalized spacial score (nSPS) is 17.2. The van der Waals surface area contributed by atoms with E-state index in [0.717, 1.165) is 18.8 Å². The SMILES string of the molecule is CN1CC(CN=C(N)Nc2ccccn2)Cc2ccccc21.I. The highest BCUT2D eigenvalue weighted by Crippen LogP contribution is 2.28. The molecule has 2 aromatic rings. The van der Waals surface area contributed by atoms with Crippen LogP contribution in [0.3, 0.4) is 0 Å². The first-order valence-electron chi connectivity index (χ1n) is 7.49. The lowest BCUT2D eigenvalue weighted by atomic mass is 9.93. The van der Waals surface area contributed by atoms with Crippen LogP contribution < -0.4 is 16.0 Å². The molecule has 0 aliphatic carbocycles. The molecule has 0 fully saturated rings. The minimum atomic E-state index is 0. The van der Waals surface area contributed by atoms with E-state index in [0.29, 0.717) is 18.4 Å². The average Bonchev–Trinajstić information content (AvgIpc) is 2.54. The maximum absolute atomic E-state index is 5.94. The van der Waals surface area contributed by atoms with Crippen LogP contribution in [0.4, 0.5) is 11.5 Å². The van der Waals surface area contributed by atoms with Crippen molar-refractivity contribution in [3.05, 3.63) is 54.2 Å². The molecule has 0 saturated carbocycles. The lowest BCUT2D eigenvalue weighted by Crippen LogP contribution is -2.34. The van der Waals surface area contributed by atoms with Gasteiger partial charge in [-0.1, -0.05) is 24.3 Å². The van der Waals surface area contributed by atoms with Gasteiger partial charge in [-0.15, -0.1) is 24.0 Å². The largest absolute Gasteiger partial charge is 0.374 e. The van der Waals surface area contributed by atoms with Crippen molar-refractivity contribution in [2.45, 2.75) is 6.42 Å². The zero-order valence-corrected chi connectivity index (χ0v) is 15.5. The summed E-state index contributed by atoms with van der Waals surface area (Å²) in [5.74, 6) is 1.61. The number of nitrogens with one attached hydrogen (secondary N) is 1. The average molecular weight is 423 g/mol. The van der Waals surface area contributed by atoms with Crippen LogP contribution in [0, 0.1) is 5.92 Å². The Labute approximate surface area is 154 Å². The number of hydrogen-bond donors (Lipinski definition) is 2. The lowest BCUT2D eigenvalue weighted by Gasteiger charge is -2.32. The third-order valence-electron chi connectivity index (χ3n) is 3.88. The molecule has 3 N–H and O–H groups in total. The van der Waals surface area contributed by atoms with E-state index in [4.69, 9.17) is 5.73 Å². The van der Waals surface area contributed by atoms with E-state index in [9.17, 15) is 0 Å². The maximum atomic E-state index is 5.94. The number of hydrogen-bond acceptors (Lipinski definition) is 3. The topological polar surface area (TPSA) is 66.5 Å². The van der Waals surface area contributed by atoms with Gasteiger partial charge in [0.2, 0.25) is 0 Å². The molecule has 1 aliphatic heterocycles. The van der Waals surface area contributed by atoms with Crippen molar-refractivity contribution >= 4 is 41.4 Å². The molecule has 0 bridgehead atoms. The number of fused-ring (bicyclic) bond motifs is 1. The van der Waals surface area contributed by atoms with Crippen molar-refractivity contribution in [3.8, 4) is 0 Å². The first-order chi connectivity index (χ1) is 10.7. The zero-order valence-electron chi connectivity index (χ0n) is 13.1. The molecular weight excluding hydrogens is 401 g/mol. The fraction of sp³-hybridized carbons (Fsp3) is 0.294. The van der Waals surface area contributed by atoms with Crippen LogP contribution in [-0.4, -0.2) is 31.1 Å². The van der Waals surface area contributed by atoms with E-state index in [1.54, 1.807) is 6.20 Å². The standard InChI is InChI=1S/C17H21N5.HI/c1-22-12-13(10-14-6-2-3-7-15(14)22)11-20-17(18)21-16-8-4-5-9-19-16;/h2-9,13H,10-12H2,1H3,(H3,18,19,20,21);1H. The highest BCUT2D eigenvalue weighted by atomic mass is 127. The van der Waals surface area contributed by atoms with Crippen molar-refractivity contribution < 1.29 is 0 Å². The molecule has 1 aromatic heterocycles. The number of benzene rings is 1. The highest BCUT2D eigenvalue weighted by Gasteiger charge is 2.21. The molecule has 3 rings (SSSR count). The Balaban J connectivity index is 0.00000192. The van der Waals surface area contributed by atoms with Crippen LogP contribution in [-0.2, 0) is 6.42 Å². The van der Waals surface area contributed by atoms with Crippen LogP contribution >= 0.6 is 24.0 Å². The molecule has 1 aromatic carbocycles. The predicted octanol–water partition coefficient (Wildman–Crippen LogP) is 2.73. The Morgan fingerprint density at radius 3 is 2.87 bits per heavy atom. The van der Waals surface area contributed by atoms with E-state index in [-0.39, 0.29) is 24.0 Å². The van der Waals surface area contributed by atoms with Crippen LogP contribution in [0.1, 0.15) is 5.56 Å². The quantitative estimate of drug-likeness (QED) is 0.453. The van der Waals surface area contributed by atoms with Gasteiger partial charge >= 0.3 is 0 Å². The number of aliphatic imine (C=N–C) groups is 1. The molecule has 1 atom stereocenters. The summed E-state index contributed by atoms with van der Waals surface area (Å²) in [6.07, 6.45) is 2.77. The Morgan fingerprint density at radius 1 is 1.30 bits per heavy atom. The van der Waals surface area contributed by atoms with Crippen LogP contribution in [0.25, 0.3) is 0 Å². The second-order valence-electron chi connectivity index (χ2n) is 5.65. The summed E-state index contributed by atoms with van der Waals surface area (Å²) in [6.45, 7) is 1.71. The summed E-state index contributed by atoms with van der Waals surface area (Å²) in [5, 5.41) is 3.01. The molecule has 0 amide bonds. The van der Waals surface area contributed by atoms with Gasteiger partial charge in [0.15, 0.2) is 5.96 Å². The predicted molar refractivity (Wildman–Crippen MR) is 107 cm³/mol. The van der Waals surface area contributed by atoms with E-state index in [1.807, 2.05) is 18.2 Å². The van der Waals surface area contributed by atoms with Crippen molar-refractivity contribution in [1.82, 2.24) is 4.98 Å². The molecule has 0 radical (unpaired) electrons. The van der Waals surface area contributed by atoms with Crippen LogP contribution in [0.2, 0.25) is 0 Å². The number of nitrogens with zero attached hydrogens (tertiary/aromatic N) is 3. The third-order valence-corrected chi connectivity index (χ3v) is 3.88. The summed E-state index contributed by atoms with van der Waals surface area (Å²) in [5.41, 5.74) is 8.64. The zero-order chi connectivity index (χ0) is 15.4. The lowest BCUT2D eigenvalue weighted by molar-refractivity contribution is 0.515. The van der Waals surface area contributed by atoms with Crippen molar-refractivity contribution in [2.75, 3.05) is 30.4 Å². The Bertz CT molecular complexity index is 659. The van der Waals surface area contributed by atoms with Gasteiger partial charge in [-0.05, 0) is 30.2 Å². The Morgan fingerprint density at radius 2 is 2.09 bits per heavy atom. The number of nitrogens with two attached hydrogens (primary N) is 1. The van der Waals surface area contributed by atoms with E-state index >= 15 is 0 Å². The Kier molecular flexibility index (Phi) is 6.20.